The average molecular weight is 206 g/mol. The molecule has 0 bridgehead atoms. The van der Waals surface area contributed by atoms with Gasteiger partial charge in [-0.05, 0) is 38.0 Å². The summed E-state index contributed by atoms with van der Waals surface area (Å²) in [7, 11) is 0. The number of hydrogen-bond acceptors (Lipinski definition) is 3. The van der Waals surface area contributed by atoms with Gasteiger partial charge in [0.05, 0.1) is 11.1 Å². The third kappa shape index (κ3) is 3.80. The van der Waals surface area contributed by atoms with E-state index in [0.29, 0.717) is 6.42 Å². The highest BCUT2D eigenvalue weighted by molar-refractivity contribution is 7.99. The van der Waals surface area contributed by atoms with E-state index in [0.717, 1.165) is 22.9 Å². The van der Waals surface area contributed by atoms with Crippen molar-refractivity contribution in [2.24, 2.45) is 0 Å². The number of hydrogen-bond donors (Lipinski definition) is 0. The van der Waals surface area contributed by atoms with Gasteiger partial charge in [0, 0.05) is 17.9 Å². The van der Waals surface area contributed by atoms with Crippen LogP contribution in [0.4, 0.5) is 0 Å². The van der Waals surface area contributed by atoms with E-state index in [-0.39, 0.29) is 0 Å². The lowest BCUT2D eigenvalue weighted by molar-refractivity contribution is 0.973. The van der Waals surface area contributed by atoms with Crippen molar-refractivity contribution in [3.8, 4) is 6.07 Å². The van der Waals surface area contributed by atoms with Gasteiger partial charge in [0.25, 0.3) is 0 Å². The molecular formula is C11H14N2S. The van der Waals surface area contributed by atoms with Crippen molar-refractivity contribution >= 4 is 11.8 Å². The standard InChI is InChI=1S/C11H14N2S/c1-9-7-10(2)13-11(8-9)14-6-4-3-5-12/h7-8H,3-4,6H2,1-2H3. The second-order valence-electron chi connectivity index (χ2n) is 3.23. The molecule has 0 unspecified atom stereocenters. The Morgan fingerprint density at radius 3 is 2.86 bits per heavy atom. The largest absolute Gasteiger partial charge is 0.247 e. The molecule has 14 heavy (non-hydrogen) atoms. The molecule has 1 rings (SSSR count). The van der Waals surface area contributed by atoms with Crippen molar-refractivity contribution < 1.29 is 0 Å². The summed E-state index contributed by atoms with van der Waals surface area (Å²) in [5.74, 6) is 0.976. The van der Waals surface area contributed by atoms with Crippen LogP contribution in [-0.4, -0.2) is 10.7 Å². The van der Waals surface area contributed by atoms with E-state index in [1.165, 1.54) is 5.56 Å². The number of aryl methyl sites for hydroxylation is 2. The maximum Gasteiger partial charge on any atom is 0.0965 e. The summed E-state index contributed by atoms with van der Waals surface area (Å²) < 4.78 is 0. The fourth-order valence-corrected chi connectivity index (χ4v) is 2.18. The SMILES string of the molecule is Cc1cc(C)nc(SCCCC#N)c1. The summed E-state index contributed by atoms with van der Waals surface area (Å²) in [5.41, 5.74) is 2.31. The van der Waals surface area contributed by atoms with E-state index in [2.05, 4.69) is 30.1 Å². The summed E-state index contributed by atoms with van der Waals surface area (Å²) in [6.07, 6.45) is 1.58. The molecule has 0 saturated carbocycles. The Kier molecular flexibility index (Phi) is 4.48. The first-order valence-electron chi connectivity index (χ1n) is 4.67. The molecule has 0 radical (unpaired) electrons. The van der Waals surface area contributed by atoms with Crippen LogP contribution in [0.25, 0.3) is 0 Å². The molecule has 0 aromatic carbocycles. The van der Waals surface area contributed by atoms with Crippen molar-refractivity contribution in [2.75, 3.05) is 5.75 Å². The van der Waals surface area contributed by atoms with Crippen LogP contribution >= 0.6 is 11.8 Å². The number of aromatic nitrogens is 1. The van der Waals surface area contributed by atoms with Crippen LogP contribution in [0.1, 0.15) is 24.1 Å². The monoisotopic (exact) mass is 206 g/mol. The zero-order valence-electron chi connectivity index (χ0n) is 8.58. The van der Waals surface area contributed by atoms with Gasteiger partial charge < -0.3 is 0 Å². The van der Waals surface area contributed by atoms with E-state index in [9.17, 15) is 0 Å². The highest BCUT2D eigenvalue weighted by Crippen LogP contribution is 2.18. The highest BCUT2D eigenvalue weighted by Gasteiger charge is 1.98. The molecule has 0 spiro atoms. The van der Waals surface area contributed by atoms with Gasteiger partial charge in [0.15, 0.2) is 0 Å². The second-order valence-corrected chi connectivity index (χ2v) is 4.35. The van der Waals surface area contributed by atoms with Crippen molar-refractivity contribution in [3.63, 3.8) is 0 Å². The average Bonchev–Trinajstić information content (AvgIpc) is 2.11. The van der Waals surface area contributed by atoms with Crippen LogP contribution in [0.2, 0.25) is 0 Å². The van der Waals surface area contributed by atoms with E-state index in [1.807, 2.05) is 6.92 Å². The Morgan fingerprint density at radius 2 is 2.21 bits per heavy atom. The van der Waals surface area contributed by atoms with Crippen molar-refractivity contribution in [1.82, 2.24) is 4.98 Å². The maximum atomic E-state index is 8.38. The number of nitrogens with zero attached hydrogens (tertiary/aromatic N) is 2. The molecule has 0 N–H and O–H groups in total. The fraction of sp³-hybridized carbons (Fsp3) is 0.455. The lowest BCUT2D eigenvalue weighted by atomic mass is 10.3. The lowest BCUT2D eigenvalue weighted by Crippen LogP contribution is -1.88. The molecule has 3 heteroatoms. The molecule has 1 aromatic heterocycles. The van der Waals surface area contributed by atoms with Gasteiger partial charge in [0.2, 0.25) is 0 Å². The minimum absolute atomic E-state index is 0.637. The van der Waals surface area contributed by atoms with E-state index in [1.54, 1.807) is 11.8 Å². The predicted octanol–water partition coefficient (Wildman–Crippen LogP) is 3.09. The highest BCUT2D eigenvalue weighted by atomic mass is 32.2. The van der Waals surface area contributed by atoms with Crippen LogP contribution in [0.3, 0.4) is 0 Å². The van der Waals surface area contributed by atoms with Crippen LogP contribution in [0.15, 0.2) is 17.2 Å². The topological polar surface area (TPSA) is 36.7 Å². The molecular weight excluding hydrogens is 192 g/mol. The minimum atomic E-state index is 0.637. The molecule has 0 aliphatic carbocycles. The third-order valence-corrected chi connectivity index (χ3v) is 2.75. The molecule has 0 fully saturated rings. The number of thioether (sulfide) groups is 1. The quantitative estimate of drug-likeness (QED) is 0.561. The summed E-state index contributed by atoms with van der Waals surface area (Å²) in [6, 6.07) is 6.30. The Labute approximate surface area is 89.4 Å². The first-order valence-corrected chi connectivity index (χ1v) is 5.66. The van der Waals surface area contributed by atoms with Gasteiger partial charge in [-0.3, -0.25) is 0 Å². The van der Waals surface area contributed by atoms with E-state index in [4.69, 9.17) is 5.26 Å². The number of rotatable bonds is 4. The number of pyridine rings is 1. The molecule has 0 amide bonds. The normalized spacial score (nSPS) is 9.79. The van der Waals surface area contributed by atoms with Crippen molar-refractivity contribution in [3.05, 3.63) is 23.4 Å². The molecule has 1 heterocycles. The molecule has 0 atom stereocenters. The molecule has 0 saturated heterocycles. The van der Waals surface area contributed by atoms with Crippen LogP contribution in [0, 0.1) is 25.2 Å². The molecule has 0 aliphatic heterocycles. The van der Waals surface area contributed by atoms with E-state index < -0.39 is 0 Å². The summed E-state index contributed by atoms with van der Waals surface area (Å²) in [4.78, 5) is 4.41. The lowest BCUT2D eigenvalue weighted by Gasteiger charge is -2.02. The molecule has 2 nitrogen and oxygen atoms in total. The van der Waals surface area contributed by atoms with Crippen molar-refractivity contribution in [1.29, 1.82) is 5.26 Å². The van der Waals surface area contributed by atoms with Gasteiger partial charge in [-0.2, -0.15) is 5.26 Å². The second kappa shape index (κ2) is 5.66. The summed E-state index contributed by atoms with van der Waals surface area (Å²) >= 11 is 1.73. The van der Waals surface area contributed by atoms with E-state index >= 15 is 0 Å². The Bertz CT molecular complexity index is 321. The predicted molar refractivity (Wildman–Crippen MR) is 59.3 cm³/mol. The number of unbranched alkanes of at least 4 members (excludes halogenated alkanes) is 1. The maximum absolute atomic E-state index is 8.38. The minimum Gasteiger partial charge on any atom is -0.247 e. The van der Waals surface area contributed by atoms with Gasteiger partial charge >= 0.3 is 0 Å². The third-order valence-electron chi connectivity index (χ3n) is 1.76. The van der Waals surface area contributed by atoms with Crippen LogP contribution < -0.4 is 0 Å². The Morgan fingerprint density at radius 1 is 1.43 bits per heavy atom. The Balaban J connectivity index is 2.47. The van der Waals surface area contributed by atoms with Crippen LogP contribution in [0.5, 0.6) is 0 Å². The first kappa shape index (κ1) is 11.1. The molecule has 0 aliphatic rings. The summed E-state index contributed by atoms with van der Waals surface area (Å²) in [5, 5.41) is 9.45. The number of nitriles is 1. The smallest absolute Gasteiger partial charge is 0.0965 e. The van der Waals surface area contributed by atoms with Gasteiger partial charge in [-0.15, -0.1) is 11.8 Å². The summed E-state index contributed by atoms with van der Waals surface area (Å²) in [6.45, 7) is 4.08. The zero-order chi connectivity index (χ0) is 10.4. The van der Waals surface area contributed by atoms with Gasteiger partial charge in [-0.1, -0.05) is 0 Å². The van der Waals surface area contributed by atoms with Gasteiger partial charge in [-0.25, -0.2) is 4.98 Å². The van der Waals surface area contributed by atoms with Gasteiger partial charge in [0.1, 0.15) is 0 Å². The van der Waals surface area contributed by atoms with Crippen LogP contribution in [-0.2, 0) is 0 Å². The fourth-order valence-electron chi connectivity index (χ4n) is 1.21. The molecule has 1 aromatic rings. The zero-order valence-corrected chi connectivity index (χ0v) is 9.40. The molecule has 74 valence electrons. The van der Waals surface area contributed by atoms with Crippen molar-refractivity contribution in [2.45, 2.75) is 31.7 Å². The first-order chi connectivity index (χ1) is 6.72. The Hall–Kier alpha value is -1.01.